The molecule has 3 aromatic carbocycles. The number of sulfonamides is 1. The van der Waals surface area contributed by atoms with Crippen molar-refractivity contribution in [2.24, 2.45) is 0 Å². The molecule has 1 amide bonds. The van der Waals surface area contributed by atoms with E-state index in [1.54, 1.807) is 24.3 Å². The Labute approximate surface area is 185 Å². The normalized spacial score (nSPS) is 10.9. The summed E-state index contributed by atoms with van der Waals surface area (Å²) in [5.74, 6) is -0.922. The van der Waals surface area contributed by atoms with E-state index in [9.17, 15) is 18.0 Å². The van der Waals surface area contributed by atoms with E-state index in [1.807, 2.05) is 6.92 Å². The van der Waals surface area contributed by atoms with Crippen molar-refractivity contribution < 1.29 is 22.7 Å². The Morgan fingerprint density at radius 3 is 2.10 bits per heavy atom. The Kier molecular flexibility index (Phi) is 6.62. The summed E-state index contributed by atoms with van der Waals surface area (Å²) >= 11 is 6.21. The number of carbonyl (C=O) groups is 2. The molecule has 0 heterocycles. The van der Waals surface area contributed by atoms with Gasteiger partial charge >= 0.3 is 5.97 Å². The van der Waals surface area contributed by atoms with E-state index in [2.05, 4.69) is 14.8 Å². The number of anilines is 2. The van der Waals surface area contributed by atoms with Crippen LogP contribution in [0.25, 0.3) is 0 Å². The molecule has 7 nitrogen and oxygen atoms in total. The molecule has 2 N–H and O–H groups in total. The zero-order valence-electron chi connectivity index (χ0n) is 16.7. The van der Waals surface area contributed by atoms with Crippen LogP contribution in [0.2, 0.25) is 5.02 Å². The van der Waals surface area contributed by atoms with Gasteiger partial charge in [0.25, 0.3) is 15.9 Å². The van der Waals surface area contributed by atoms with Gasteiger partial charge < -0.3 is 10.1 Å². The predicted octanol–water partition coefficient (Wildman–Crippen LogP) is 4.49. The summed E-state index contributed by atoms with van der Waals surface area (Å²) in [4.78, 5) is 24.1. The van der Waals surface area contributed by atoms with Gasteiger partial charge in [-0.2, -0.15) is 0 Å². The second-order valence-corrected chi connectivity index (χ2v) is 8.73. The highest BCUT2D eigenvalue weighted by Gasteiger charge is 2.17. The SMILES string of the molecule is COC(=O)c1ccc(NC(=O)c2ccc(NS(=O)(=O)c3ccc(C)cc3)c(Cl)c2)cc1. The number of ether oxygens (including phenoxy) is 1. The highest BCUT2D eigenvalue weighted by atomic mass is 35.5. The van der Waals surface area contributed by atoms with Gasteiger partial charge in [0.15, 0.2) is 0 Å². The summed E-state index contributed by atoms with van der Waals surface area (Å²) in [7, 11) is -2.54. The van der Waals surface area contributed by atoms with Gasteiger partial charge in [0.1, 0.15) is 0 Å². The van der Waals surface area contributed by atoms with E-state index in [0.717, 1.165) is 5.56 Å². The summed E-state index contributed by atoms with van der Waals surface area (Å²) in [6.45, 7) is 1.86. The lowest BCUT2D eigenvalue weighted by Crippen LogP contribution is -2.15. The van der Waals surface area contributed by atoms with Gasteiger partial charge in [-0.3, -0.25) is 9.52 Å². The summed E-state index contributed by atoms with van der Waals surface area (Å²) in [5, 5.41) is 2.75. The van der Waals surface area contributed by atoms with Crippen molar-refractivity contribution in [3.8, 4) is 0 Å². The number of esters is 1. The molecule has 0 aliphatic heterocycles. The van der Waals surface area contributed by atoms with Crippen LogP contribution >= 0.6 is 11.6 Å². The molecule has 3 rings (SSSR count). The Bertz CT molecular complexity index is 1220. The number of aryl methyl sites for hydroxylation is 1. The molecule has 0 saturated carbocycles. The van der Waals surface area contributed by atoms with E-state index in [4.69, 9.17) is 11.6 Å². The fraction of sp³-hybridized carbons (Fsp3) is 0.0909. The number of halogens is 1. The van der Waals surface area contributed by atoms with Crippen LogP contribution in [0.5, 0.6) is 0 Å². The van der Waals surface area contributed by atoms with E-state index in [-0.39, 0.29) is 21.2 Å². The van der Waals surface area contributed by atoms with E-state index < -0.39 is 21.9 Å². The molecule has 0 fully saturated rings. The van der Waals surface area contributed by atoms with Gasteiger partial charge in [-0.15, -0.1) is 0 Å². The lowest BCUT2D eigenvalue weighted by atomic mass is 10.1. The highest BCUT2D eigenvalue weighted by molar-refractivity contribution is 7.92. The average molecular weight is 459 g/mol. The van der Waals surface area contributed by atoms with Gasteiger partial charge in [-0.05, 0) is 61.5 Å². The molecule has 0 unspecified atom stereocenters. The number of hydrogen-bond acceptors (Lipinski definition) is 5. The van der Waals surface area contributed by atoms with Crippen molar-refractivity contribution in [1.82, 2.24) is 0 Å². The minimum atomic E-state index is -3.82. The molecular weight excluding hydrogens is 440 g/mol. The van der Waals surface area contributed by atoms with Crippen LogP contribution in [0.1, 0.15) is 26.3 Å². The summed E-state index contributed by atoms with van der Waals surface area (Å²) < 4.78 is 32.1. The molecule has 0 aliphatic carbocycles. The quantitative estimate of drug-likeness (QED) is 0.530. The highest BCUT2D eigenvalue weighted by Crippen LogP contribution is 2.26. The molecule has 160 valence electrons. The Hall–Kier alpha value is -3.36. The molecule has 3 aromatic rings. The third kappa shape index (κ3) is 5.42. The molecule has 9 heteroatoms. The first kappa shape index (κ1) is 22.3. The first-order valence-electron chi connectivity index (χ1n) is 9.08. The molecule has 0 atom stereocenters. The van der Waals surface area contributed by atoms with Crippen molar-refractivity contribution in [2.45, 2.75) is 11.8 Å². The predicted molar refractivity (Wildman–Crippen MR) is 119 cm³/mol. The molecule has 0 aromatic heterocycles. The maximum absolute atomic E-state index is 12.5. The lowest BCUT2D eigenvalue weighted by Gasteiger charge is -2.11. The van der Waals surface area contributed by atoms with E-state index in [1.165, 1.54) is 49.6 Å². The van der Waals surface area contributed by atoms with Gasteiger partial charge in [0.2, 0.25) is 0 Å². The summed E-state index contributed by atoms with van der Waals surface area (Å²) in [5.41, 5.74) is 2.15. The summed E-state index contributed by atoms with van der Waals surface area (Å²) in [6.07, 6.45) is 0. The molecule has 0 aliphatic rings. The lowest BCUT2D eigenvalue weighted by molar-refractivity contribution is 0.0600. The maximum Gasteiger partial charge on any atom is 0.337 e. The second-order valence-electron chi connectivity index (χ2n) is 6.64. The largest absolute Gasteiger partial charge is 0.465 e. The average Bonchev–Trinajstić information content (AvgIpc) is 2.75. The molecule has 31 heavy (non-hydrogen) atoms. The van der Waals surface area contributed by atoms with Crippen LogP contribution in [0, 0.1) is 6.92 Å². The second kappa shape index (κ2) is 9.20. The van der Waals surface area contributed by atoms with Crippen molar-refractivity contribution in [1.29, 1.82) is 0 Å². The standard InChI is InChI=1S/C22H19ClN2O5S/c1-14-3-10-18(11-4-14)31(28,29)25-20-12-7-16(13-19(20)23)21(26)24-17-8-5-15(6-9-17)22(27)30-2/h3-13,25H,1-2H3,(H,24,26). The van der Waals surface area contributed by atoms with Crippen molar-refractivity contribution in [3.63, 3.8) is 0 Å². The first-order chi connectivity index (χ1) is 14.7. The number of amides is 1. The minimum absolute atomic E-state index is 0.0735. The van der Waals surface area contributed by atoms with Gasteiger partial charge in [-0.1, -0.05) is 29.3 Å². The third-order valence-corrected chi connectivity index (χ3v) is 6.06. The van der Waals surface area contributed by atoms with Crippen LogP contribution in [-0.2, 0) is 14.8 Å². The van der Waals surface area contributed by atoms with Crippen molar-refractivity contribution in [3.05, 3.63) is 88.4 Å². The fourth-order valence-corrected chi connectivity index (χ4v) is 4.03. The van der Waals surface area contributed by atoms with Gasteiger partial charge in [0, 0.05) is 11.3 Å². The van der Waals surface area contributed by atoms with E-state index >= 15 is 0 Å². The topological polar surface area (TPSA) is 102 Å². The smallest absolute Gasteiger partial charge is 0.337 e. The van der Waals surface area contributed by atoms with Crippen LogP contribution in [-0.4, -0.2) is 27.4 Å². The number of nitrogens with one attached hydrogen (secondary N) is 2. The number of methoxy groups -OCH3 is 1. The number of rotatable bonds is 6. The van der Waals surface area contributed by atoms with Gasteiger partial charge in [0.05, 0.1) is 28.3 Å². The summed E-state index contributed by atoms with van der Waals surface area (Å²) in [6, 6.07) is 16.8. The van der Waals surface area contributed by atoms with Crippen LogP contribution < -0.4 is 10.0 Å². The Morgan fingerprint density at radius 1 is 0.903 bits per heavy atom. The number of hydrogen-bond donors (Lipinski definition) is 2. The zero-order valence-corrected chi connectivity index (χ0v) is 18.3. The zero-order chi connectivity index (χ0) is 22.6. The van der Waals surface area contributed by atoms with Crippen LogP contribution in [0.4, 0.5) is 11.4 Å². The number of carbonyl (C=O) groups excluding carboxylic acids is 2. The maximum atomic E-state index is 12.5. The molecule has 0 bridgehead atoms. The van der Waals surface area contributed by atoms with Crippen molar-refractivity contribution in [2.75, 3.05) is 17.1 Å². The monoisotopic (exact) mass is 458 g/mol. The molecule has 0 saturated heterocycles. The van der Waals surface area contributed by atoms with Crippen molar-refractivity contribution >= 4 is 44.9 Å². The molecule has 0 radical (unpaired) electrons. The first-order valence-corrected chi connectivity index (χ1v) is 10.9. The van der Waals surface area contributed by atoms with Crippen LogP contribution in [0.3, 0.4) is 0 Å². The van der Waals surface area contributed by atoms with Crippen LogP contribution in [0.15, 0.2) is 71.6 Å². The molecule has 0 spiro atoms. The Balaban J connectivity index is 1.73. The minimum Gasteiger partial charge on any atom is -0.465 e. The van der Waals surface area contributed by atoms with E-state index in [0.29, 0.717) is 11.3 Å². The third-order valence-electron chi connectivity index (χ3n) is 4.37. The fourth-order valence-electron chi connectivity index (χ4n) is 2.67. The molecular formula is C22H19ClN2O5S. The Morgan fingerprint density at radius 2 is 1.52 bits per heavy atom. The van der Waals surface area contributed by atoms with Gasteiger partial charge in [-0.25, -0.2) is 13.2 Å². The number of benzene rings is 3.